The maximum Gasteiger partial charge on any atom is 0.191 e. The van der Waals surface area contributed by atoms with Crippen LogP contribution in [0.5, 0.6) is 0 Å². The molecule has 7 heteroatoms. The largest absolute Gasteiger partial charge is 0.355 e. The van der Waals surface area contributed by atoms with E-state index >= 15 is 0 Å². The van der Waals surface area contributed by atoms with E-state index in [0.717, 1.165) is 31.4 Å². The van der Waals surface area contributed by atoms with Crippen molar-refractivity contribution >= 4 is 5.96 Å². The van der Waals surface area contributed by atoms with E-state index in [4.69, 9.17) is 0 Å². The minimum Gasteiger partial charge on any atom is -0.355 e. The van der Waals surface area contributed by atoms with Crippen LogP contribution in [0.15, 0.2) is 11.3 Å². The van der Waals surface area contributed by atoms with Gasteiger partial charge < -0.3 is 20.1 Å². The maximum absolute atomic E-state index is 4.24. The predicted molar refractivity (Wildman–Crippen MR) is 84.2 cm³/mol. The van der Waals surface area contributed by atoms with E-state index in [1.807, 2.05) is 4.57 Å². The van der Waals surface area contributed by atoms with Gasteiger partial charge in [-0.3, -0.25) is 4.99 Å². The van der Waals surface area contributed by atoms with Gasteiger partial charge in [0, 0.05) is 26.7 Å². The highest BCUT2D eigenvalue weighted by atomic mass is 15.3. The van der Waals surface area contributed by atoms with Crippen molar-refractivity contribution in [1.82, 2.24) is 30.3 Å². The van der Waals surface area contributed by atoms with E-state index in [0.29, 0.717) is 6.54 Å². The highest BCUT2D eigenvalue weighted by Crippen LogP contribution is 2.07. The summed E-state index contributed by atoms with van der Waals surface area (Å²) in [5.74, 6) is 1.74. The van der Waals surface area contributed by atoms with Gasteiger partial charge in [-0.15, -0.1) is 10.2 Å². The standard InChI is InChI=1S/C14H27N7/c1-3-21-12-18-19-13(21)11-17-14(15-2)16-7-10-20-8-5-4-6-9-20/h12H,3-11H2,1-2H3,(H2,15,16,17). The fourth-order valence-electron chi connectivity index (χ4n) is 2.58. The minimum absolute atomic E-state index is 0.636. The molecule has 1 fully saturated rings. The first-order valence-corrected chi connectivity index (χ1v) is 7.87. The van der Waals surface area contributed by atoms with Crippen molar-refractivity contribution in [3.63, 3.8) is 0 Å². The van der Waals surface area contributed by atoms with Crippen LogP contribution < -0.4 is 10.6 Å². The summed E-state index contributed by atoms with van der Waals surface area (Å²) in [6.45, 7) is 8.05. The van der Waals surface area contributed by atoms with Gasteiger partial charge in [-0.1, -0.05) is 6.42 Å². The van der Waals surface area contributed by atoms with Crippen molar-refractivity contribution in [2.75, 3.05) is 33.2 Å². The Bertz CT molecular complexity index is 434. The Morgan fingerprint density at radius 2 is 2.10 bits per heavy atom. The van der Waals surface area contributed by atoms with Gasteiger partial charge in [0.1, 0.15) is 6.33 Å². The molecule has 2 rings (SSSR count). The van der Waals surface area contributed by atoms with E-state index < -0.39 is 0 Å². The molecule has 0 aliphatic carbocycles. The third-order valence-corrected chi connectivity index (χ3v) is 3.84. The number of hydrogen-bond donors (Lipinski definition) is 2. The maximum atomic E-state index is 4.24. The van der Waals surface area contributed by atoms with Gasteiger partial charge in [0.25, 0.3) is 0 Å². The molecule has 1 aromatic rings. The normalized spacial score (nSPS) is 17.0. The third kappa shape index (κ3) is 5.00. The van der Waals surface area contributed by atoms with Crippen molar-refractivity contribution in [3.05, 3.63) is 12.2 Å². The number of piperidine rings is 1. The minimum atomic E-state index is 0.636. The molecule has 1 aromatic heterocycles. The number of aryl methyl sites for hydroxylation is 1. The van der Waals surface area contributed by atoms with Crippen molar-refractivity contribution in [2.45, 2.75) is 39.3 Å². The highest BCUT2D eigenvalue weighted by Gasteiger charge is 2.09. The zero-order chi connectivity index (χ0) is 14.9. The van der Waals surface area contributed by atoms with Crippen molar-refractivity contribution in [2.24, 2.45) is 4.99 Å². The molecule has 0 aromatic carbocycles. The smallest absolute Gasteiger partial charge is 0.191 e. The molecule has 2 heterocycles. The van der Waals surface area contributed by atoms with Crippen molar-refractivity contribution in [3.8, 4) is 0 Å². The summed E-state index contributed by atoms with van der Waals surface area (Å²) in [6, 6.07) is 0. The van der Waals surface area contributed by atoms with Gasteiger partial charge in [0.05, 0.1) is 6.54 Å². The molecule has 1 saturated heterocycles. The molecule has 0 atom stereocenters. The molecule has 0 amide bonds. The molecule has 0 spiro atoms. The molecule has 7 nitrogen and oxygen atoms in total. The lowest BCUT2D eigenvalue weighted by Crippen LogP contribution is -2.42. The van der Waals surface area contributed by atoms with Crippen LogP contribution in [0.2, 0.25) is 0 Å². The first-order valence-electron chi connectivity index (χ1n) is 7.87. The van der Waals surface area contributed by atoms with Crippen LogP contribution in [-0.4, -0.2) is 58.9 Å². The highest BCUT2D eigenvalue weighted by molar-refractivity contribution is 5.79. The predicted octanol–water partition coefficient (Wildman–Crippen LogP) is 0.449. The third-order valence-electron chi connectivity index (χ3n) is 3.84. The SMILES string of the molecule is CCn1cnnc1CNC(=NC)NCCN1CCCCC1. The molecule has 118 valence electrons. The molecule has 0 radical (unpaired) electrons. The summed E-state index contributed by atoms with van der Waals surface area (Å²) in [6.07, 6.45) is 5.80. The zero-order valence-corrected chi connectivity index (χ0v) is 13.2. The summed E-state index contributed by atoms with van der Waals surface area (Å²) >= 11 is 0. The molecule has 0 saturated carbocycles. The lowest BCUT2D eigenvalue weighted by atomic mass is 10.1. The Labute approximate surface area is 126 Å². The van der Waals surface area contributed by atoms with Crippen LogP contribution in [0.4, 0.5) is 0 Å². The number of hydrogen-bond acceptors (Lipinski definition) is 4. The first kappa shape index (κ1) is 15.8. The molecule has 1 aliphatic heterocycles. The molecule has 0 unspecified atom stereocenters. The fourth-order valence-corrected chi connectivity index (χ4v) is 2.58. The van der Waals surface area contributed by atoms with Gasteiger partial charge in [0.2, 0.25) is 0 Å². The second-order valence-corrected chi connectivity index (χ2v) is 5.29. The molecular weight excluding hydrogens is 266 g/mol. The number of aromatic nitrogens is 3. The quantitative estimate of drug-likeness (QED) is 0.589. The fraction of sp³-hybridized carbons (Fsp3) is 0.786. The van der Waals surface area contributed by atoms with Crippen LogP contribution >= 0.6 is 0 Å². The summed E-state index contributed by atoms with van der Waals surface area (Å²) < 4.78 is 2.02. The molecule has 21 heavy (non-hydrogen) atoms. The Hall–Kier alpha value is -1.63. The average molecular weight is 293 g/mol. The van der Waals surface area contributed by atoms with Gasteiger partial charge in [-0.2, -0.15) is 0 Å². The van der Waals surface area contributed by atoms with Crippen molar-refractivity contribution < 1.29 is 0 Å². The number of aliphatic imine (C=N–C) groups is 1. The topological polar surface area (TPSA) is 70.4 Å². The molecular formula is C14H27N7. The Kier molecular flexibility index (Phi) is 6.46. The van der Waals surface area contributed by atoms with E-state index in [-0.39, 0.29) is 0 Å². The van der Waals surface area contributed by atoms with Gasteiger partial charge in [0.15, 0.2) is 11.8 Å². The number of guanidine groups is 1. The van der Waals surface area contributed by atoms with Gasteiger partial charge >= 0.3 is 0 Å². The second-order valence-electron chi connectivity index (χ2n) is 5.29. The van der Waals surface area contributed by atoms with Gasteiger partial charge in [-0.05, 0) is 32.9 Å². The van der Waals surface area contributed by atoms with Crippen LogP contribution in [0.3, 0.4) is 0 Å². The van der Waals surface area contributed by atoms with Crippen LogP contribution in [-0.2, 0) is 13.1 Å². The second kappa shape index (κ2) is 8.61. The number of likely N-dealkylation sites (tertiary alicyclic amines) is 1. The monoisotopic (exact) mass is 293 g/mol. The Morgan fingerprint density at radius 3 is 2.81 bits per heavy atom. The van der Waals surface area contributed by atoms with Crippen LogP contribution in [0.1, 0.15) is 32.0 Å². The lowest BCUT2D eigenvalue weighted by Gasteiger charge is -2.26. The van der Waals surface area contributed by atoms with E-state index in [1.165, 1.54) is 32.4 Å². The lowest BCUT2D eigenvalue weighted by molar-refractivity contribution is 0.232. The van der Waals surface area contributed by atoms with E-state index in [1.54, 1.807) is 13.4 Å². The van der Waals surface area contributed by atoms with Gasteiger partial charge in [-0.25, -0.2) is 0 Å². The summed E-state index contributed by atoms with van der Waals surface area (Å²) in [7, 11) is 1.79. The van der Waals surface area contributed by atoms with Crippen molar-refractivity contribution in [1.29, 1.82) is 0 Å². The number of nitrogens with zero attached hydrogens (tertiary/aromatic N) is 5. The van der Waals surface area contributed by atoms with E-state index in [9.17, 15) is 0 Å². The van der Waals surface area contributed by atoms with Crippen LogP contribution in [0.25, 0.3) is 0 Å². The first-order chi connectivity index (χ1) is 10.3. The molecule has 1 aliphatic rings. The zero-order valence-electron chi connectivity index (χ0n) is 13.2. The van der Waals surface area contributed by atoms with Crippen LogP contribution in [0, 0.1) is 0 Å². The van der Waals surface area contributed by atoms with E-state index in [2.05, 4.69) is 37.6 Å². The Balaban J connectivity index is 1.68. The molecule has 2 N–H and O–H groups in total. The average Bonchev–Trinajstić information content (AvgIpc) is 2.99. The summed E-state index contributed by atoms with van der Waals surface area (Å²) in [4.78, 5) is 6.76. The molecule has 0 bridgehead atoms. The number of nitrogens with one attached hydrogen (secondary N) is 2. The summed E-state index contributed by atoms with van der Waals surface area (Å²) in [5, 5.41) is 14.7. The summed E-state index contributed by atoms with van der Waals surface area (Å²) in [5.41, 5.74) is 0. The Morgan fingerprint density at radius 1 is 1.29 bits per heavy atom. The number of rotatable bonds is 6.